The van der Waals surface area contributed by atoms with Crippen LogP contribution in [0.5, 0.6) is 5.75 Å². The van der Waals surface area contributed by atoms with Gasteiger partial charge in [-0.2, -0.15) is 9.84 Å². The van der Waals surface area contributed by atoms with Crippen LogP contribution >= 0.6 is 57.8 Å². The summed E-state index contributed by atoms with van der Waals surface area (Å²) in [5, 5.41) is 58.5. The van der Waals surface area contributed by atoms with Crippen LogP contribution in [0.25, 0.3) is 10.9 Å². The summed E-state index contributed by atoms with van der Waals surface area (Å²) in [7, 11) is 3.87. The van der Waals surface area contributed by atoms with Crippen LogP contribution in [-0.2, 0) is 31.8 Å². The number of ketones is 2. The monoisotopic (exact) mass is 1050 g/mol. The molecule has 2 N–H and O–H groups in total. The Morgan fingerprint density at radius 1 is 0.926 bits per heavy atom. The van der Waals surface area contributed by atoms with Crippen molar-refractivity contribution in [3.63, 3.8) is 0 Å². The Bertz CT molecular complexity index is 2860. The number of aromatic nitrogens is 4. The normalized spacial score (nSPS) is 17.7. The summed E-state index contributed by atoms with van der Waals surface area (Å²) in [6.45, 7) is 17.5. The van der Waals surface area contributed by atoms with Crippen LogP contribution in [0.4, 0.5) is 11.4 Å². The summed E-state index contributed by atoms with van der Waals surface area (Å²) in [6.07, 6.45) is 12.8. The average molecular weight is 1060 g/mol. The van der Waals surface area contributed by atoms with E-state index in [1.54, 1.807) is 7.11 Å². The Kier molecular flexibility index (Phi) is 21.2. The van der Waals surface area contributed by atoms with E-state index in [0.29, 0.717) is 18.3 Å². The number of benzene rings is 2. The third kappa shape index (κ3) is 14.4. The molecule has 68 heavy (non-hydrogen) atoms. The van der Waals surface area contributed by atoms with E-state index in [2.05, 4.69) is 132 Å². The molecular weight excluding hydrogens is 1010 g/mol. The first-order valence-electron chi connectivity index (χ1n) is 20.3. The van der Waals surface area contributed by atoms with Gasteiger partial charge in [0.15, 0.2) is 21.6 Å². The molecule has 1 aliphatic heterocycles. The van der Waals surface area contributed by atoms with Gasteiger partial charge in [-0.1, -0.05) is 30.3 Å². The van der Waals surface area contributed by atoms with E-state index in [1.807, 2.05) is 12.1 Å². The molecular formula is C45H44ClCoN12O5S4-. The van der Waals surface area contributed by atoms with E-state index in [0.717, 1.165) is 48.0 Å². The van der Waals surface area contributed by atoms with E-state index in [9.17, 15) is 19.8 Å². The maximum Gasteiger partial charge on any atom is 0.266 e. The van der Waals surface area contributed by atoms with E-state index >= 15 is 0 Å². The number of methoxy groups -OCH3 is 1. The smallest absolute Gasteiger partial charge is 0.266 e. The fourth-order valence-corrected chi connectivity index (χ4v) is 9.28. The second kappa shape index (κ2) is 26.4. The van der Waals surface area contributed by atoms with Gasteiger partial charge in [-0.15, -0.1) is 22.7 Å². The van der Waals surface area contributed by atoms with Crippen LogP contribution in [0, 0.1) is 17.9 Å². The largest absolute Gasteiger partial charge is 0.506 e. The third-order valence-electron chi connectivity index (χ3n) is 10.00. The van der Waals surface area contributed by atoms with Crippen molar-refractivity contribution in [3.05, 3.63) is 128 Å². The topological polar surface area (TPSA) is 222 Å². The molecule has 23 heteroatoms. The van der Waals surface area contributed by atoms with Gasteiger partial charge in [0.2, 0.25) is 5.69 Å². The van der Waals surface area contributed by atoms with Crippen molar-refractivity contribution in [1.82, 2.24) is 20.4 Å². The zero-order valence-corrected chi connectivity index (χ0v) is 42.5. The number of fused-ring (bicyclic) bond motifs is 1. The van der Waals surface area contributed by atoms with Crippen molar-refractivity contribution < 1.29 is 45.9 Å². The summed E-state index contributed by atoms with van der Waals surface area (Å²) >= 11 is 11.2. The third-order valence-corrected chi connectivity index (χ3v) is 13.8. The SMILES string of the molecule is CCN(CC)c1ccc(/C=C/C2=[N+](C)c3ccc(Cl)cc3C2(C)CC)c(OC)c1.N#CCSc1n[n-]c(=NN=C2C=CC(=O)C=C2O)s1.[C-]#[N+]CSc1n[n-]c(=NN=C2C=CC(=O)C=C2O)s1.[Co]. The summed E-state index contributed by atoms with van der Waals surface area (Å²) < 4.78 is 9.23. The van der Waals surface area contributed by atoms with Crippen LogP contribution in [0.3, 0.4) is 0 Å². The summed E-state index contributed by atoms with van der Waals surface area (Å²) in [4.78, 5) is 28.0. The zero-order valence-electron chi connectivity index (χ0n) is 37.4. The second-order valence-electron chi connectivity index (χ2n) is 14.0. The Labute approximate surface area is 424 Å². The first kappa shape index (κ1) is 54.5. The fourth-order valence-electron chi connectivity index (χ4n) is 6.49. The molecule has 3 aliphatic rings. The van der Waals surface area contributed by atoms with Gasteiger partial charge in [0.05, 0.1) is 24.3 Å². The summed E-state index contributed by atoms with van der Waals surface area (Å²) in [5.74, 6) is 0.385. The Hall–Kier alpha value is -6.11. The molecule has 2 aromatic heterocycles. The van der Waals surface area contributed by atoms with Crippen molar-refractivity contribution in [2.24, 2.45) is 20.4 Å². The number of halogens is 1. The first-order valence-corrected chi connectivity index (χ1v) is 24.2. The molecule has 2 aliphatic carbocycles. The molecule has 17 nitrogen and oxygen atoms in total. The van der Waals surface area contributed by atoms with Crippen molar-refractivity contribution in [1.29, 1.82) is 5.26 Å². The number of hydrogen-bond donors (Lipinski definition) is 2. The molecule has 0 bridgehead atoms. The van der Waals surface area contributed by atoms with Crippen molar-refractivity contribution in [2.75, 3.05) is 43.8 Å². The van der Waals surface area contributed by atoms with E-state index < -0.39 is 0 Å². The summed E-state index contributed by atoms with van der Waals surface area (Å²) in [6, 6.07) is 14.6. The average Bonchev–Trinajstić information content (AvgIpc) is 4.04. The molecule has 1 atom stereocenters. The molecule has 0 amide bonds. The predicted molar refractivity (Wildman–Crippen MR) is 266 cm³/mol. The Morgan fingerprint density at radius 2 is 1.51 bits per heavy atom. The van der Waals surface area contributed by atoms with Crippen LogP contribution in [0.1, 0.15) is 45.2 Å². The maximum absolute atomic E-state index is 10.9. The van der Waals surface area contributed by atoms with Gasteiger partial charge in [-0.3, -0.25) is 19.8 Å². The minimum absolute atomic E-state index is 0. The molecule has 355 valence electrons. The Morgan fingerprint density at radius 3 is 2.03 bits per heavy atom. The van der Waals surface area contributed by atoms with Crippen LogP contribution in [-0.4, -0.2) is 92.6 Å². The molecule has 3 heterocycles. The summed E-state index contributed by atoms with van der Waals surface area (Å²) in [5.41, 5.74) is 6.35. The van der Waals surface area contributed by atoms with Gasteiger partial charge in [0, 0.05) is 91.7 Å². The van der Waals surface area contributed by atoms with E-state index in [4.69, 9.17) is 28.2 Å². The molecule has 7 rings (SSSR count). The second-order valence-corrected chi connectivity index (χ2v) is 18.8. The molecule has 2 aromatic carbocycles. The molecule has 1 unspecified atom stereocenters. The number of aliphatic hydroxyl groups excluding tert-OH is 2. The van der Waals surface area contributed by atoms with Gasteiger partial charge in [0.25, 0.3) is 5.88 Å². The minimum atomic E-state index is -0.303. The minimum Gasteiger partial charge on any atom is -0.506 e. The van der Waals surface area contributed by atoms with Gasteiger partial charge >= 0.3 is 0 Å². The maximum atomic E-state index is 10.9. The van der Waals surface area contributed by atoms with Gasteiger partial charge < -0.3 is 45.1 Å². The number of anilines is 1. The molecule has 1 radical (unpaired) electrons. The molecule has 0 saturated carbocycles. The van der Waals surface area contributed by atoms with Crippen LogP contribution in [0.15, 0.2) is 120 Å². The van der Waals surface area contributed by atoms with Crippen molar-refractivity contribution in [2.45, 2.75) is 48.2 Å². The number of ether oxygens (including phenoxy) is 1. The zero-order chi connectivity index (χ0) is 48.5. The standard InChI is InChI=1S/C25H32ClN2O.2C10H7N5O2S2.Co/c1-7-25(4)21-16-19(26)12-14-22(21)27(5)24(25)15-11-18-10-13-20(17-23(18)29-6)28(8-2)9-3;1-11-5-18-10-15-14-9(19-10)13-12-7-3-2-6(16)4-8(7)17;11-3-4-18-10-15-14-9(19-10)13-12-7-2-1-6(16)5-8(7)17;/h10-17H,7-9H2,1-6H3;2-4H,5H2,(H2,13,14,16,17);1-2,5H,4H2,(H2,13,14,16,17);/q+1;;;/p-2. The molecule has 0 spiro atoms. The van der Waals surface area contributed by atoms with E-state index in [-0.39, 0.29) is 68.3 Å². The Balaban J connectivity index is 0.000000229. The van der Waals surface area contributed by atoms with Crippen molar-refractivity contribution in [3.8, 4) is 11.8 Å². The van der Waals surface area contributed by atoms with Crippen LogP contribution in [0.2, 0.25) is 5.02 Å². The van der Waals surface area contributed by atoms with Gasteiger partial charge in [0.1, 0.15) is 40.1 Å². The number of hydrogen-bond acceptors (Lipinski definition) is 17. The number of carbonyl (C=O) groups excluding carboxylic acids is 2. The van der Waals surface area contributed by atoms with E-state index in [1.165, 1.54) is 93.2 Å². The number of allylic oxidation sites excluding steroid dienone is 7. The van der Waals surface area contributed by atoms with Crippen molar-refractivity contribution >= 4 is 104 Å². The molecule has 0 saturated heterocycles. The molecule has 0 fully saturated rings. The quantitative estimate of drug-likeness (QED) is 0.0430. The number of carbonyl (C=O) groups is 2. The molecule has 4 aromatic rings. The first-order chi connectivity index (χ1) is 32.3. The number of aliphatic hydroxyl groups is 2. The fraction of sp³-hybridized carbons (Fsp3) is 0.267. The number of rotatable bonds is 13. The predicted octanol–water partition coefficient (Wildman–Crippen LogP) is 7.76. The number of nitrogens with zero attached hydrogens (tertiary/aromatic N) is 12. The van der Waals surface area contributed by atoms with Crippen LogP contribution < -0.4 is 29.4 Å². The van der Waals surface area contributed by atoms with Gasteiger partial charge in [-0.25, -0.2) is 16.8 Å². The number of nitriles is 1. The van der Waals surface area contributed by atoms with Gasteiger partial charge in [-0.05, 0) is 93.6 Å². The number of thioether (sulfide) groups is 2.